The van der Waals surface area contributed by atoms with Crippen LogP contribution >= 0.6 is 0 Å². The Morgan fingerprint density at radius 1 is 1.21 bits per heavy atom. The Balaban J connectivity index is 3.81. The zero-order valence-electron chi connectivity index (χ0n) is 9.47. The zero-order chi connectivity index (χ0) is 11.4. The van der Waals surface area contributed by atoms with Crippen LogP contribution in [0.25, 0.3) is 0 Å². The summed E-state index contributed by atoms with van der Waals surface area (Å²) < 4.78 is 0. The summed E-state index contributed by atoms with van der Waals surface area (Å²) in [6, 6.07) is -0.326. The fourth-order valence-electron chi connectivity index (χ4n) is 0.699. The molecule has 0 aromatic rings. The van der Waals surface area contributed by atoms with Gasteiger partial charge in [-0.3, -0.25) is 4.79 Å². The maximum absolute atomic E-state index is 11.2. The maximum Gasteiger partial charge on any atom is 0.315 e. The van der Waals surface area contributed by atoms with E-state index in [9.17, 15) is 9.59 Å². The van der Waals surface area contributed by atoms with Crippen LogP contribution < -0.4 is 10.6 Å². The average molecular weight is 201 g/mol. The van der Waals surface area contributed by atoms with E-state index in [1.54, 1.807) is 14.1 Å². The second-order valence-electron chi connectivity index (χ2n) is 4.35. The second-order valence-corrected chi connectivity index (χ2v) is 4.35. The Morgan fingerprint density at radius 2 is 1.71 bits per heavy atom. The lowest BCUT2D eigenvalue weighted by Gasteiger charge is -2.21. The molecule has 0 heterocycles. The summed E-state index contributed by atoms with van der Waals surface area (Å²) >= 11 is 0. The molecule has 5 nitrogen and oxygen atoms in total. The molecule has 0 atom stereocenters. The molecule has 5 heteroatoms. The van der Waals surface area contributed by atoms with Gasteiger partial charge < -0.3 is 15.5 Å². The average Bonchev–Trinajstić information content (AvgIpc) is 1.96. The van der Waals surface area contributed by atoms with Crippen LogP contribution in [-0.2, 0) is 4.79 Å². The molecule has 14 heavy (non-hydrogen) atoms. The minimum Gasteiger partial charge on any atom is -0.347 e. The summed E-state index contributed by atoms with van der Waals surface area (Å²) in [7, 11) is 3.29. The molecule has 0 fully saturated rings. The van der Waals surface area contributed by atoms with Crippen molar-refractivity contribution in [2.24, 2.45) is 0 Å². The topological polar surface area (TPSA) is 61.4 Å². The van der Waals surface area contributed by atoms with Gasteiger partial charge in [0, 0.05) is 19.6 Å². The SMILES string of the molecule is CN(C)C(=O)CNC(=O)NC(C)(C)C. The van der Waals surface area contributed by atoms with Gasteiger partial charge in [0.15, 0.2) is 0 Å². The fraction of sp³-hybridized carbons (Fsp3) is 0.778. The molecule has 0 rings (SSSR count). The molecule has 0 radical (unpaired) electrons. The highest BCUT2D eigenvalue weighted by molar-refractivity contribution is 5.83. The number of hydrogen-bond donors (Lipinski definition) is 2. The van der Waals surface area contributed by atoms with Crippen LogP contribution in [0.2, 0.25) is 0 Å². The molecule has 2 N–H and O–H groups in total. The molecule has 82 valence electrons. The quantitative estimate of drug-likeness (QED) is 0.669. The molecule has 0 aromatic carbocycles. The van der Waals surface area contributed by atoms with E-state index in [0.717, 1.165) is 0 Å². The number of carbonyl (C=O) groups excluding carboxylic acids is 2. The van der Waals surface area contributed by atoms with E-state index in [1.807, 2.05) is 20.8 Å². The van der Waals surface area contributed by atoms with Gasteiger partial charge in [0.2, 0.25) is 5.91 Å². The second kappa shape index (κ2) is 4.83. The Morgan fingerprint density at radius 3 is 2.07 bits per heavy atom. The van der Waals surface area contributed by atoms with E-state index >= 15 is 0 Å². The maximum atomic E-state index is 11.2. The minimum atomic E-state index is -0.326. The third kappa shape index (κ3) is 6.28. The monoisotopic (exact) mass is 201 g/mol. The van der Waals surface area contributed by atoms with Crippen LogP contribution in [0.15, 0.2) is 0 Å². The van der Waals surface area contributed by atoms with Gasteiger partial charge in [0.1, 0.15) is 0 Å². The van der Waals surface area contributed by atoms with E-state index in [1.165, 1.54) is 4.90 Å². The minimum absolute atomic E-state index is 0.0227. The van der Waals surface area contributed by atoms with Crippen molar-refractivity contribution in [3.05, 3.63) is 0 Å². The number of urea groups is 1. The van der Waals surface area contributed by atoms with Crippen LogP contribution in [-0.4, -0.2) is 43.0 Å². The Bertz CT molecular complexity index is 219. The van der Waals surface area contributed by atoms with Crippen molar-refractivity contribution in [3.63, 3.8) is 0 Å². The Hall–Kier alpha value is -1.26. The number of nitrogens with one attached hydrogen (secondary N) is 2. The fourth-order valence-corrected chi connectivity index (χ4v) is 0.699. The van der Waals surface area contributed by atoms with Gasteiger partial charge in [-0.15, -0.1) is 0 Å². The highest BCUT2D eigenvalue weighted by Crippen LogP contribution is 1.97. The summed E-state index contributed by atoms with van der Waals surface area (Å²) in [5, 5.41) is 5.17. The van der Waals surface area contributed by atoms with Crippen molar-refractivity contribution in [1.82, 2.24) is 15.5 Å². The van der Waals surface area contributed by atoms with Gasteiger partial charge in [-0.05, 0) is 20.8 Å². The van der Waals surface area contributed by atoms with Crippen molar-refractivity contribution >= 4 is 11.9 Å². The summed E-state index contributed by atoms with van der Waals surface area (Å²) in [5.74, 6) is -0.131. The number of rotatable bonds is 2. The molecule has 0 aliphatic carbocycles. The normalized spacial score (nSPS) is 10.6. The first kappa shape index (κ1) is 12.7. The van der Waals surface area contributed by atoms with E-state index in [2.05, 4.69) is 10.6 Å². The van der Waals surface area contributed by atoms with Gasteiger partial charge in [-0.25, -0.2) is 4.79 Å². The molecule has 0 bridgehead atoms. The van der Waals surface area contributed by atoms with E-state index in [0.29, 0.717) is 0 Å². The molecule has 0 aliphatic rings. The van der Waals surface area contributed by atoms with Crippen LogP contribution in [0, 0.1) is 0 Å². The van der Waals surface area contributed by atoms with Gasteiger partial charge in [-0.1, -0.05) is 0 Å². The summed E-state index contributed by atoms with van der Waals surface area (Å²) in [4.78, 5) is 23.7. The van der Waals surface area contributed by atoms with Crippen molar-refractivity contribution in [2.75, 3.05) is 20.6 Å². The standard InChI is InChI=1S/C9H19N3O2/c1-9(2,3)11-8(14)10-6-7(13)12(4)5/h6H2,1-5H3,(H2,10,11,14). The molecule has 0 unspecified atom stereocenters. The summed E-state index contributed by atoms with van der Waals surface area (Å²) in [6.45, 7) is 5.65. The third-order valence-corrected chi connectivity index (χ3v) is 1.39. The van der Waals surface area contributed by atoms with Crippen LogP contribution in [0.4, 0.5) is 4.79 Å². The molecular formula is C9H19N3O2. The lowest BCUT2D eigenvalue weighted by Crippen LogP contribution is -2.48. The third-order valence-electron chi connectivity index (χ3n) is 1.39. The Kier molecular flexibility index (Phi) is 4.40. The van der Waals surface area contributed by atoms with Crippen molar-refractivity contribution in [1.29, 1.82) is 0 Å². The van der Waals surface area contributed by atoms with Crippen molar-refractivity contribution in [3.8, 4) is 0 Å². The highest BCUT2D eigenvalue weighted by Gasteiger charge is 2.14. The first-order valence-electron chi connectivity index (χ1n) is 4.48. The predicted molar refractivity (Wildman–Crippen MR) is 55.0 cm³/mol. The van der Waals surface area contributed by atoms with Crippen LogP contribution in [0.5, 0.6) is 0 Å². The largest absolute Gasteiger partial charge is 0.347 e. The van der Waals surface area contributed by atoms with Crippen LogP contribution in [0.1, 0.15) is 20.8 Å². The molecule has 0 aromatic heterocycles. The van der Waals surface area contributed by atoms with Crippen molar-refractivity contribution < 1.29 is 9.59 Å². The molecule has 0 aliphatic heterocycles. The predicted octanol–water partition coefficient (Wildman–Crippen LogP) is 0.172. The molecule has 0 saturated carbocycles. The molecule has 0 spiro atoms. The smallest absolute Gasteiger partial charge is 0.315 e. The van der Waals surface area contributed by atoms with Gasteiger partial charge in [0.05, 0.1) is 6.54 Å². The molecule has 3 amide bonds. The Labute approximate surface area is 84.8 Å². The number of likely N-dealkylation sites (N-methyl/N-ethyl adjacent to an activating group) is 1. The number of amides is 3. The molecular weight excluding hydrogens is 182 g/mol. The van der Waals surface area contributed by atoms with Crippen LogP contribution in [0.3, 0.4) is 0 Å². The highest BCUT2D eigenvalue weighted by atomic mass is 16.2. The van der Waals surface area contributed by atoms with Gasteiger partial charge in [-0.2, -0.15) is 0 Å². The summed E-state index contributed by atoms with van der Waals surface area (Å²) in [6.07, 6.45) is 0. The van der Waals surface area contributed by atoms with Gasteiger partial charge >= 0.3 is 6.03 Å². The lowest BCUT2D eigenvalue weighted by atomic mass is 10.1. The number of carbonyl (C=O) groups is 2. The number of hydrogen-bond acceptors (Lipinski definition) is 2. The van der Waals surface area contributed by atoms with E-state index < -0.39 is 0 Å². The first-order valence-corrected chi connectivity index (χ1v) is 4.48. The molecule has 0 saturated heterocycles. The van der Waals surface area contributed by atoms with E-state index in [4.69, 9.17) is 0 Å². The van der Waals surface area contributed by atoms with Crippen molar-refractivity contribution in [2.45, 2.75) is 26.3 Å². The summed E-state index contributed by atoms with van der Waals surface area (Å²) in [5.41, 5.74) is -0.286. The van der Waals surface area contributed by atoms with Gasteiger partial charge in [0.25, 0.3) is 0 Å². The lowest BCUT2D eigenvalue weighted by molar-refractivity contribution is -0.127. The first-order chi connectivity index (χ1) is 6.22. The van der Waals surface area contributed by atoms with E-state index in [-0.39, 0.29) is 24.0 Å². The zero-order valence-corrected chi connectivity index (χ0v) is 9.47. The number of nitrogens with zero attached hydrogens (tertiary/aromatic N) is 1.